The molecule has 0 aromatic heterocycles. The zero-order valence-electron chi connectivity index (χ0n) is 19.2. The van der Waals surface area contributed by atoms with Crippen molar-refractivity contribution < 1.29 is 23.8 Å². The summed E-state index contributed by atoms with van der Waals surface area (Å²) >= 11 is 0. The van der Waals surface area contributed by atoms with Crippen LogP contribution in [0.2, 0.25) is 0 Å². The second kappa shape index (κ2) is 12.3. The van der Waals surface area contributed by atoms with Crippen molar-refractivity contribution in [2.24, 2.45) is 11.0 Å². The molecule has 2 N–H and O–H groups in total. The molecule has 172 valence electrons. The van der Waals surface area contributed by atoms with E-state index in [2.05, 4.69) is 15.8 Å². The molecule has 0 fully saturated rings. The number of carbonyl (C=O) groups is 2. The first-order valence-electron chi connectivity index (χ1n) is 10.6. The Morgan fingerprint density at radius 1 is 1.00 bits per heavy atom. The Bertz CT molecular complexity index is 926. The number of carbonyl (C=O) groups excluding carboxylic acids is 2. The van der Waals surface area contributed by atoms with E-state index in [9.17, 15) is 9.59 Å². The van der Waals surface area contributed by atoms with E-state index in [1.54, 1.807) is 43.5 Å². The first-order valence-corrected chi connectivity index (χ1v) is 10.6. The van der Waals surface area contributed by atoms with Crippen LogP contribution in [0.4, 0.5) is 0 Å². The monoisotopic (exact) mass is 441 g/mol. The smallest absolute Gasteiger partial charge is 0.262 e. The average molecular weight is 442 g/mol. The molecular weight excluding hydrogens is 410 g/mol. The van der Waals surface area contributed by atoms with Crippen molar-refractivity contribution in [3.8, 4) is 17.2 Å². The number of methoxy groups -OCH3 is 1. The lowest BCUT2D eigenvalue weighted by Crippen LogP contribution is -2.48. The van der Waals surface area contributed by atoms with Crippen LogP contribution >= 0.6 is 0 Å². The molecule has 0 spiro atoms. The molecule has 0 aliphatic heterocycles. The lowest BCUT2D eigenvalue weighted by Gasteiger charge is -2.20. The fraction of sp³-hybridized carbons (Fsp3) is 0.375. The van der Waals surface area contributed by atoms with Gasteiger partial charge >= 0.3 is 0 Å². The third-order valence-electron chi connectivity index (χ3n) is 4.54. The number of hydrogen-bond acceptors (Lipinski definition) is 6. The molecule has 0 aliphatic rings. The summed E-state index contributed by atoms with van der Waals surface area (Å²) in [4.78, 5) is 25.2. The Labute approximate surface area is 188 Å². The summed E-state index contributed by atoms with van der Waals surface area (Å²) in [6.07, 6.45) is 1.51. The van der Waals surface area contributed by atoms with E-state index in [0.29, 0.717) is 36.0 Å². The third kappa shape index (κ3) is 7.01. The normalized spacial score (nSPS) is 11.8. The van der Waals surface area contributed by atoms with Crippen molar-refractivity contribution >= 4 is 18.0 Å². The predicted octanol–water partition coefficient (Wildman–Crippen LogP) is 3.40. The molecule has 2 amide bonds. The van der Waals surface area contributed by atoms with Crippen LogP contribution in [0.5, 0.6) is 17.2 Å². The number of rotatable bonds is 11. The van der Waals surface area contributed by atoms with Crippen LogP contribution in [0.1, 0.15) is 43.6 Å². The minimum absolute atomic E-state index is 0.137. The van der Waals surface area contributed by atoms with Gasteiger partial charge in [0, 0.05) is 5.56 Å². The van der Waals surface area contributed by atoms with E-state index in [0.717, 1.165) is 5.56 Å². The summed E-state index contributed by atoms with van der Waals surface area (Å²) in [5.41, 5.74) is 3.67. The highest BCUT2D eigenvalue weighted by Crippen LogP contribution is 2.28. The number of hydrogen-bond donors (Lipinski definition) is 2. The highest BCUT2D eigenvalue weighted by molar-refractivity contribution is 5.97. The van der Waals surface area contributed by atoms with E-state index in [1.165, 1.54) is 6.21 Å². The Balaban J connectivity index is 2.03. The van der Waals surface area contributed by atoms with Gasteiger partial charge < -0.3 is 19.5 Å². The molecule has 0 saturated heterocycles. The van der Waals surface area contributed by atoms with E-state index in [4.69, 9.17) is 14.2 Å². The Hall–Kier alpha value is -3.55. The second-order valence-corrected chi connectivity index (χ2v) is 7.23. The molecule has 0 radical (unpaired) electrons. The van der Waals surface area contributed by atoms with Crippen LogP contribution in [-0.4, -0.2) is 44.4 Å². The minimum atomic E-state index is -0.749. The maximum atomic E-state index is 12.6. The Morgan fingerprint density at radius 2 is 1.66 bits per heavy atom. The number of ether oxygens (including phenoxy) is 3. The van der Waals surface area contributed by atoms with Crippen molar-refractivity contribution in [3.05, 3.63) is 53.6 Å². The molecular formula is C24H31N3O5. The van der Waals surface area contributed by atoms with Crippen LogP contribution < -0.4 is 25.0 Å². The molecule has 8 nitrogen and oxygen atoms in total. The van der Waals surface area contributed by atoms with E-state index in [1.807, 2.05) is 33.8 Å². The number of nitrogens with zero attached hydrogens (tertiary/aromatic N) is 1. The fourth-order valence-corrected chi connectivity index (χ4v) is 2.89. The standard InChI is InChI=1S/C24H31N3O5/c1-6-31-20-13-8-17(14-21(20)32-7-2)15-25-27-24(29)22(16(3)4)26-23(28)18-9-11-19(30-5)12-10-18/h8-16,22H,6-7H2,1-5H3,(H,26,28)(H,27,29). The van der Waals surface area contributed by atoms with Gasteiger partial charge in [-0.25, -0.2) is 5.43 Å². The van der Waals surface area contributed by atoms with E-state index in [-0.39, 0.29) is 11.8 Å². The number of nitrogens with one attached hydrogen (secondary N) is 2. The van der Waals surface area contributed by atoms with Crippen LogP contribution in [0.15, 0.2) is 47.6 Å². The topological polar surface area (TPSA) is 98.2 Å². The molecule has 0 bridgehead atoms. The predicted molar refractivity (Wildman–Crippen MR) is 124 cm³/mol. The molecule has 2 aromatic carbocycles. The van der Waals surface area contributed by atoms with Crippen LogP contribution in [0.25, 0.3) is 0 Å². The Kier molecular flexibility index (Phi) is 9.53. The molecule has 1 atom stereocenters. The van der Waals surface area contributed by atoms with Crippen LogP contribution in [-0.2, 0) is 4.79 Å². The summed E-state index contributed by atoms with van der Waals surface area (Å²) in [6, 6.07) is 11.3. The zero-order chi connectivity index (χ0) is 23.5. The molecule has 0 aliphatic carbocycles. The summed E-state index contributed by atoms with van der Waals surface area (Å²) in [6.45, 7) is 8.53. The van der Waals surface area contributed by atoms with Gasteiger partial charge in [-0.05, 0) is 67.8 Å². The van der Waals surface area contributed by atoms with Crippen molar-refractivity contribution in [1.29, 1.82) is 0 Å². The minimum Gasteiger partial charge on any atom is -0.497 e. The van der Waals surface area contributed by atoms with E-state index >= 15 is 0 Å². The van der Waals surface area contributed by atoms with Crippen molar-refractivity contribution in [2.45, 2.75) is 33.7 Å². The van der Waals surface area contributed by atoms with Gasteiger partial charge in [-0.1, -0.05) is 13.8 Å². The van der Waals surface area contributed by atoms with Crippen molar-refractivity contribution in [2.75, 3.05) is 20.3 Å². The van der Waals surface area contributed by atoms with Gasteiger partial charge in [-0.15, -0.1) is 0 Å². The quantitative estimate of drug-likeness (QED) is 0.411. The summed E-state index contributed by atoms with van der Waals surface area (Å²) in [5, 5.41) is 6.80. The maximum absolute atomic E-state index is 12.6. The lowest BCUT2D eigenvalue weighted by molar-refractivity contribution is -0.123. The summed E-state index contributed by atoms with van der Waals surface area (Å²) in [7, 11) is 1.56. The molecule has 2 aromatic rings. The second-order valence-electron chi connectivity index (χ2n) is 7.23. The zero-order valence-corrected chi connectivity index (χ0v) is 19.2. The number of hydrazone groups is 1. The molecule has 0 saturated carbocycles. The van der Waals surface area contributed by atoms with Crippen molar-refractivity contribution in [1.82, 2.24) is 10.7 Å². The largest absolute Gasteiger partial charge is 0.497 e. The first-order chi connectivity index (χ1) is 15.4. The van der Waals surface area contributed by atoms with Gasteiger partial charge in [0.05, 0.1) is 26.5 Å². The SMILES string of the molecule is CCOc1ccc(C=NNC(=O)C(NC(=O)c2ccc(OC)cc2)C(C)C)cc1OCC. The molecule has 8 heteroatoms. The highest BCUT2D eigenvalue weighted by atomic mass is 16.5. The molecule has 32 heavy (non-hydrogen) atoms. The fourth-order valence-electron chi connectivity index (χ4n) is 2.89. The summed E-state index contributed by atoms with van der Waals surface area (Å²) < 4.78 is 16.2. The number of benzene rings is 2. The van der Waals surface area contributed by atoms with Crippen LogP contribution in [0.3, 0.4) is 0 Å². The maximum Gasteiger partial charge on any atom is 0.262 e. The molecule has 1 unspecified atom stereocenters. The molecule has 2 rings (SSSR count). The van der Waals surface area contributed by atoms with Crippen LogP contribution in [0, 0.1) is 5.92 Å². The summed E-state index contributed by atoms with van der Waals surface area (Å²) in [5.74, 6) is 1.01. The van der Waals surface area contributed by atoms with Gasteiger partial charge in [-0.3, -0.25) is 9.59 Å². The average Bonchev–Trinajstić information content (AvgIpc) is 2.79. The van der Waals surface area contributed by atoms with Crippen molar-refractivity contribution in [3.63, 3.8) is 0 Å². The number of amides is 2. The lowest BCUT2D eigenvalue weighted by atomic mass is 10.0. The van der Waals surface area contributed by atoms with Gasteiger partial charge in [0.2, 0.25) is 0 Å². The third-order valence-corrected chi connectivity index (χ3v) is 4.54. The van der Waals surface area contributed by atoms with Gasteiger partial charge in [-0.2, -0.15) is 5.10 Å². The first kappa shape index (κ1) is 24.7. The highest BCUT2D eigenvalue weighted by Gasteiger charge is 2.24. The van der Waals surface area contributed by atoms with Gasteiger partial charge in [0.15, 0.2) is 11.5 Å². The molecule has 0 heterocycles. The van der Waals surface area contributed by atoms with E-state index < -0.39 is 11.9 Å². The Morgan fingerprint density at radius 3 is 2.25 bits per heavy atom. The van der Waals surface area contributed by atoms with Gasteiger partial charge in [0.25, 0.3) is 11.8 Å². The van der Waals surface area contributed by atoms with Gasteiger partial charge in [0.1, 0.15) is 11.8 Å².